The summed E-state index contributed by atoms with van der Waals surface area (Å²) < 4.78 is 2.33. The Labute approximate surface area is 112 Å². The van der Waals surface area contributed by atoms with Crippen LogP contribution in [0, 0.1) is 11.3 Å². The molecule has 0 unspecified atom stereocenters. The molecule has 0 radical (unpaired) electrons. The van der Waals surface area contributed by atoms with Gasteiger partial charge in [0.15, 0.2) is 5.69 Å². The average molecular weight is 305 g/mol. The summed E-state index contributed by atoms with van der Waals surface area (Å²) in [7, 11) is 1.73. The average Bonchev–Trinajstić information content (AvgIpc) is 2.76. The molecule has 90 valence electrons. The highest BCUT2D eigenvalue weighted by molar-refractivity contribution is 9.10. The Morgan fingerprint density at radius 3 is 2.89 bits per heavy atom. The Morgan fingerprint density at radius 2 is 2.28 bits per heavy atom. The minimum Gasteiger partial charge on any atom is -0.319 e. The van der Waals surface area contributed by atoms with Gasteiger partial charge in [0.25, 0.3) is 5.91 Å². The van der Waals surface area contributed by atoms with Crippen LogP contribution in [-0.4, -0.2) is 15.7 Å². The normalized spacial score (nSPS) is 9.83. The molecule has 0 saturated carbocycles. The molecule has 2 rings (SSSR count). The molecule has 0 aliphatic heterocycles. The second kappa shape index (κ2) is 5.02. The lowest BCUT2D eigenvalue weighted by molar-refractivity contribution is 0.102. The van der Waals surface area contributed by atoms with Crippen LogP contribution >= 0.6 is 15.9 Å². The summed E-state index contributed by atoms with van der Waals surface area (Å²) in [5.74, 6) is -0.342. The zero-order chi connectivity index (χ0) is 13.1. The van der Waals surface area contributed by atoms with Crippen molar-refractivity contribution in [1.29, 1.82) is 5.26 Å². The SMILES string of the molecule is Cn1ccc(C(=O)Nc2cc(Br)ccc2C#N)n1. The van der Waals surface area contributed by atoms with Crippen LogP contribution in [0.1, 0.15) is 16.1 Å². The van der Waals surface area contributed by atoms with Gasteiger partial charge in [0.05, 0.1) is 11.3 Å². The Balaban J connectivity index is 2.27. The fourth-order valence-corrected chi connectivity index (χ4v) is 1.80. The van der Waals surface area contributed by atoms with Gasteiger partial charge in [-0.3, -0.25) is 9.48 Å². The molecule has 1 amide bonds. The number of aromatic nitrogens is 2. The van der Waals surface area contributed by atoms with Crippen molar-refractivity contribution in [3.8, 4) is 6.07 Å². The van der Waals surface area contributed by atoms with Crippen LogP contribution in [0.5, 0.6) is 0 Å². The number of hydrogen-bond donors (Lipinski definition) is 1. The Hall–Kier alpha value is -2.13. The molecule has 1 heterocycles. The number of benzene rings is 1. The van der Waals surface area contributed by atoms with Gasteiger partial charge < -0.3 is 5.32 Å². The highest BCUT2D eigenvalue weighted by atomic mass is 79.9. The van der Waals surface area contributed by atoms with Crippen LogP contribution in [0.15, 0.2) is 34.9 Å². The molecule has 1 aromatic heterocycles. The summed E-state index contributed by atoms with van der Waals surface area (Å²) in [5.41, 5.74) is 1.17. The van der Waals surface area contributed by atoms with E-state index in [1.807, 2.05) is 6.07 Å². The van der Waals surface area contributed by atoms with E-state index in [4.69, 9.17) is 5.26 Å². The number of aryl methyl sites for hydroxylation is 1. The molecule has 0 atom stereocenters. The first-order valence-electron chi connectivity index (χ1n) is 5.11. The van der Waals surface area contributed by atoms with Crippen molar-refractivity contribution in [3.63, 3.8) is 0 Å². The van der Waals surface area contributed by atoms with E-state index in [9.17, 15) is 4.79 Å². The molecular weight excluding hydrogens is 296 g/mol. The van der Waals surface area contributed by atoms with E-state index in [1.165, 1.54) is 0 Å². The third-order valence-electron chi connectivity index (χ3n) is 2.30. The number of carbonyl (C=O) groups is 1. The maximum atomic E-state index is 11.9. The van der Waals surface area contributed by atoms with E-state index in [0.29, 0.717) is 16.9 Å². The van der Waals surface area contributed by atoms with Gasteiger partial charge in [-0.2, -0.15) is 10.4 Å². The highest BCUT2D eigenvalue weighted by Gasteiger charge is 2.11. The number of nitriles is 1. The van der Waals surface area contributed by atoms with Gasteiger partial charge >= 0.3 is 0 Å². The van der Waals surface area contributed by atoms with Crippen molar-refractivity contribution in [2.24, 2.45) is 7.05 Å². The molecule has 6 heteroatoms. The summed E-state index contributed by atoms with van der Waals surface area (Å²) in [6.07, 6.45) is 1.68. The van der Waals surface area contributed by atoms with Gasteiger partial charge in [-0.15, -0.1) is 0 Å². The van der Waals surface area contributed by atoms with Gasteiger partial charge in [-0.25, -0.2) is 0 Å². The molecule has 1 N–H and O–H groups in total. The van der Waals surface area contributed by atoms with Crippen molar-refractivity contribution in [3.05, 3.63) is 46.2 Å². The molecule has 0 bridgehead atoms. The van der Waals surface area contributed by atoms with Crippen LogP contribution in [0.3, 0.4) is 0 Å². The van der Waals surface area contributed by atoms with Crippen molar-refractivity contribution in [2.45, 2.75) is 0 Å². The maximum absolute atomic E-state index is 11.9. The number of carbonyl (C=O) groups excluding carboxylic acids is 1. The smallest absolute Gasteiger partial charge is 0.276 e. The van der Waals surface area contributed by atoms with E-state index in [-0.39, 0.29) is 5.91 Å². The van der Waals surface area contributed by atoms with Crippen molar-refractivity contribution >= 4 is 27.5 Å². The highest BCUT2D eigenvalue weighted by Crippen LogP contribution is 2.21. The molecule has 0 spiro atoms. The molecule has 0 saturated heterocycles. The van der Waals surface area contributed by atoms with Gasteiger partial charge in [0, 0.05) is 17.7 Å². The van der Waals surface area contributed by atoms with Crippen LogP contribution in [0.2, 0.25) is 0 Å². The Bertz CT molecular complexity index is 642. The largest absolute Gasteiger partial charge is 0.319 e. The minimum absolute atomic E-state index is 0.307. The number of nitrogens with one attached hydrogen (secondary N) is 1. The molecule has 5 nitrogen and oxygen atoms in total. The molecule has 18 heavy (non-hydrogen) atoms. The topological polar surface area (TPSA) is 70.7 Å². The van der Waals surface area contributed by atoms with Crippen molar-refractivity contribution < 1.29 is 4.79 Å². The van der Waals surface area contributed by atoms with Gasteiger partial charge in [-0.1, -0.05) is 15.9 Å². The zero-order valence-electron chi connectivity index (χ0n) is 9.51. The lowest BCUT2D eigenvalue weighted by Gasteiger charge is -2.05. The Kier molecular flexibility index (Phi) is 3.44. The van der Waals surface area contributed by atoms with Gasteiger partial charge in [0.1, 0.15) is 6.07 Å². The lowest BCUT2D eigenvalue weighted by Crippen LogP contribution is -2.14. The molecule has 0 fully saturated rings. The summed E-state index contributed by atoms with van der Waals surface area (Å²) in [5, 5.41) is 15.6. The Morgan fingerprint density at radius 1 is 1.50 bits per heavy atom. The summed E-state index contributed by atoms with van der Waals surface area (Å²) >= 11 is 3.30. The molecule has 0 aliphatic carbocycles. The van der Waals surface area contributed by atoms with E-state index in [2.05, 4.69) is 26.3 Å². The standard InChI is InChI=1S/C12H9BrN4O/c1-17-5-4-10(16-17)12(18)15-11-6-9(13)3-2-8(11)7-14/h2-6H,1H3,(H,15,18). The number of rotatable bonds is 2. The number of halogens is 1. The number of nitrogens with zero attached hydrogens (tertiary/aromatic N) is 3. The summed E-state index contributed by atoms with van der Waals surface area (Å²) in [4.78, 5) is 11.9. The monoisotopic (exact) mass is 304 g/mol. The first-order chi connectivity index (χ1) is 8.60. The van der Waals surface area contributed by atoms with Crippen LogP contribution in [-0.2, 0) is 7.05 Å². The maximum Gasteiger partial charge on any atom is 0.276 e. The van der Waals surface area contributed by atoms with E-state index in [1.54, 1.807) is 42.2 Å². The second-order valence-electron chi connectivity index (χ2n) is 3.63. The van der Waals surface area contributed by atoms with E-state index >= 15 is 0 Å². The first-order valence-corrected chi connectivity index (χ1v) is 5.90. The number of amides is 1. The van der Waals surface area contributed by atoms with Crippen molar-refractivity contribution in [1.82, 2.24) is 9.78 Å². The van der Waals surface area contributed by atoms with Crippen LogP contribution in [0.4, 0.5) is 5.69 Å². The van der Waals surface area contributed by atoms with E-state index < -0.39 is 0 Å². The summed E-state index contributed by atoms with van der Waals surface area (Å²) in [6.45, 7) is 0. The molecule has 1 aromatic carbocycles. The minimum atomic E-state index is -0.342. The first kappa shape index (κ1) is 12.3. The van der Waals surface area contributed by atoms with E-state index in [0.717, 1.165) is 4.47 Å². The van der Waals surface area contributed by atoms with Crippen molar-refractivity contribution in [2.75, 3.05) is 5.32 Å². The molecule has 2 aromatic rings. The quantitative estimate of drug-likeness (QED) is 0.925. The zero-order valence-corrected chi connectivity index (χ0v) is 11.1. The predicted octanol–water partition coefficient (Wildman–Crippen LogP) is 2.31. The third kappa shape index (κ3) is 2.57. The number of hydrogen-bond acceptors (Lipinski definition) is 3. The third-order valence-corrected chi connectivity index (χ3v) is 2.79. The lowest BCUT2D eigenvalue weighted by atomic mass is 10.2. The fraction of sp³-hybridized carbons (Fsp3) is 0.0833. The summed E-state index contributed by atoms with van der Waals surface area (Å²) in [6, 6.07) is 8.70. The van der Waals surface area contributed by atoms with Crippen LogP contribution < -0.4 is 5.32 Å². The molecular formula is C12H9BrN4O. The van der Waals surface area contributed by atoms with Gasteiger partial charge in [0.2, 0.25) is 0 Å². The second-order valence-corrected chi connectivity index (χ2v) is 4.55. The predicted molar refractivity (Wildman–Crippen MR) is 70.0 cm³/mol. The number of anilines is 1. The van der Waals surface area contributed by atoms with Crippen LogP contribution in [0.25, 0.3) is 0 Å². The fourth-order valence-electron chi connectivity index (χ4n) is 1.44. The molecule has 0 aliphatic rings. The van der Waals surface area contributed by atoms with Gasteiger partial charge in [-0.05, 0) is 24.3 Å².